The number of hydrogen-bond donors (Lipinski definition) is 6. The maximum atomic E-state index is 13.8. The van der Waals surface area contributed by atoms with Gasteiger partial charge in [-0.2, -0.15) is 0 Å². The van der Waals surface area contributed by atoms with E-state index in [1.165, 1.54) is 23.2 Å². The molecule has 4 atom stereocenters. The molecular weight excluding hydrogens is 482 g/mol. The molecule has 3 aliphatic carbocycles. The van der Waals surface area contributed by atoms with E-state index in [9.17, 15) is 39.6 Å². The van der Waals surface area contributed by atoms with E-state index in [4.69, 9.17) is 5.73 Å². The summed E-state index contributed by atoms with van der Waals surface area (Å²) in [7, 11) is 3.08. The van der Waals surface area contributed by atoms with Gasteiger partial charge < -0.3 is 31.1 Å². The number of likely N-dealkylation sites (N-methyl/N-ethyl adjacent to an activating group) is 1. The molecule has 3 aliphatic rings. The number of amides is 1. The first-order valence-electron chi connectivity index (χ1n) is 11.6. The number of aliphatic hydroxyl groups excluding tert-OH is 2. The Morgan fingerprint density at radius 3 is 2.41 bits per heavy atom. The summed E-state index contributed by atoms with van der Waals surface area (Å²) in [6.07, 6.45) is 1.63. The third-order valence-electron chi connectivity index (χ3n) is 7.70. The Labute approximate surface area is 210 Å². The fourth-order valence-corrected chi connectivity index (χ4v) is 6.09. The van der Waals surface area contributed by atoms with Crippen molar-refractivity contribution in [3.05, 3.63) is 68.8 Å². The topological polar surface area (TPSA) is 194 Å². The first-order chi connectivity index (χ1) is 17.4. The van der Waals surface area contributed by atoms with Crippen molar-refractivity contribution in [2.24, 2.45) is 17.6 Å². The fourth-order valence-electron chi connectivity index (χ4n) is 6.09. The van der Waals surface area contributed by atoms with Crippen LogP contribution in [0.15, 0.2) is 52.2 Å². The van der Waals surface area contributed by atoms with Crippen LogP contribution in [0.25, 0.3) is 16.9 Å². The maximum absolute atomic E-state index is 13.8. The van der Waals surface area contributed by atoms with Gasteiger partial charge in [0.15, 0.2) is 11.4 Å². The van der Waals surface area contributed by atoms with Crippen molar-refractivity contribution < 1.29 is 34.8 Å². The zero-order valence-corrected chi connectivity index (χ0v) is 20.0. The van der Waals surface area contributed by atoms with Gasteiger partial charge in [0.1, 0.15) is 22.8 Å². The maximum Gasteiger partial charge on any atom is 0.255 e. The van der Waals surface area contributed by atoms with Crippen LogP contribution in [0.2, 0.25) is 0 Å². The van der Waals surface area contributed by atoms with E-state index < -0.39 is 58.0 Å². The molecule has 1 fully saturated rings. The minimum absolute atomic E-state index is 0.00746. The Morgan fingerprint density at radius 2 is 1.81 bits per heavy atom. The van der Waals surface area contributed by atoms with Crippen LogP contribution in [0.5, 0.6) is 5.75 Å². The molecule has 0 saturated heterocycles. The van der Waals surface area contributed by atoms with Crippen molar-refractivity contribution in [3.8, 4) is 16.9 Å². The summed E-state index contributed by atoms with van der Waals surface area (Å²) in [4.78, 5) is 54.6. The highest BCUT2D eigenvalue weighted by atomic mass is 16.3. The summed E-state index contributed by atoms with van der Waals surface area (Å²) in [6, 6.07) is 4.74. The zero-order chi connectivity index (χ0) is 27.0. The van der Waals surface area contributed by atoms with Gasteiger partial charge in [-0.3, -0.25) is 24.1 Å². The van der Waals surface area contributed by atoms with Crippen molar-refractivity contribution in [1.29, 1.82) is 0 Å². The van der Waals surface area contributed by atoms with Crippen LogP contribution < -0.4 is 11.3 Å². The number of carbonyl (C=O) groups excluding carboxylic acids is 3. The highest BCUT2D eigenvalue weighted by molar-refractivity contribution is 6.24. The lowest BCUT2D eigenvalue weighted by atomic mass is 9.57. The first-order valence-corrected chi connectivity index (χ1v) is 11.6. The zero-order valence-electron chi connectivity index (χ0n) is 20.0. The number of aromatic amines is 1. The molecule has 1 aromatic heterocycles. The Morgan fingerprint density at radius 1 is 1.11 bits per heavy atom. The molecule has 1 aromatic carbocycles. The van der Waals surface area contributed by atoms with Crippen molar-refractivity contribution in [2.75, 3.05) is 14.1 Å². The van der Waals surface area contributed by atoms with E-state index in [2.05, 4.69) is 4.98 Å². The van der Waals surface area contributed by atoms with E-state index in [0.29, 0.717) is 16.7 Å². The lowest BCUT2D eigenvalue weighted by Crippen LogP contribution is -2.65. The van der Waals surface area contributed by atoms with Crippen LogP contribution in [-0.2, 0) is 20.8 Å². The van der Waals surface area contributed by atoms with Gasteiger partial charge in [0.25, 0.3) is 5.91 Å². The molecule has 1 saturated carbocycles. The normalized spacial score (nSPS) is 27.2. The van der Waals surface area contributed by atoms with Crippen molar-refractivity contribution in [1.82, 2.24) is 9.88 Å². The lowest BCUT2D eigenvalue weighted by molar-refractivity contribution is -0.153. The standard InChI is InChI=1S/C26H25N3O8/c1-29(2)20-14-8-11-7-13-12(10-3-6-16(31)28-9-10)4-5-15(30)18(13)21(32)17(11)23(34)26(14,37)24(35)19(22(20)33)25(27)36/h3-6,9,11,14,20,30,32,35,37H,7-8H2,1-2H3,(H2,27,36)(H,28,31)/t11-,14-,20-,26-/m0/s1. The second-order valence-electron chi connectivity index (χ2n) is 9.89. The van der Waals surface area contributed by atoms with Crippen molar-refractivity contribution in [3.63, 3.8) is 0 Å². The summed E-state index contributed by atoms with van der Waals surface area (Å²) >= 11 is 0. The number of nitrogens with zero attached hydrogens (tertiary/aromatic N) is 1. The number of carbonyl (C=O) groups is 3. The Balaban J connectivity index is 1.74. The minimum Gasteiger partial charge on any atom is -0.508 e. The number of hydrogen-bond acceptors (Lipinski definition) is 9. The number of pyridine rings is 1. The largest absolute Gasteiger partial charge is 0.508 e. The predicted molar refractivity (Wildman–Crippen MR) is 130 cm³/mol. The molecule has 0 radical (unpaired) electrons. The average molecular weight is 507 g/mol. The third-order valence-corrected chi connectivity index (χ3v) is 7.70. The molecular formula is C26H25N3O8. The van der Waals surface area contributed by atoms with Gasteiger partial charge in [-0.05, 0) is 61.7 Å². The van der Waals surface area contributed by atoms with Crippen LogP contribution in [0.1, 0.15) is 17.5 Å². The van der Waals surface area contributed by atoms with Gasteiger partial charge in [-0.1, -0.05) is 6.07 Å². The highest BCUT2D eigenvalue weighted by Crippen LogP contribution is 2.53. The minimum atomic E-state index is -2.68. The fraction of sp³-hybridized carbons (Fsp3) is 0.308. The van der Waals surface area contributed by atoms with E-state index in [-0.39, 0.29) is 35.3 Å². The van der Waals surface area contributed by atoms with Crippen LogP contribution in [0.3, 0.4) is 0 Å². The van der Waals surface area contributed by atoms with E-state index >= 15 is 0 Å². The molecule has 2 aromatic rings. The summed E-state index contributed by atoms with van der Waals surface area (Å²) in [5, 5.41) is 44.4. The van der Waals surface area contributed by atoms with Gasteiger partial charge in [-0.15, -0.1) is 0 Å². The van der Waals surface area contributed by atoms with Crippen LogP contribution >= 0.6 is 0 Å². The van der Waals surface area contributed by atoms with Crippen LogP contribution in [0.4, 0.5) is 0 Å². The average Bonchev–Trinajstić information content (AvgIpc) is 2.82. The van der Waals surface area contributed by atoms with Gasteiger partial charge in [0.2, 0.25) is 11.3 Å². The van der Waals surface area contributed by atoms with Gasteiger partial charge in [0, 0.05) is 23.8 Å². The summed E-state index contributed by atoms with van der Waals surface area (Å²) in [5.74, 6) is -7.01. The summed E-state index contributed by atoms with van der Waals surface area (Å²) in [6.45, 7) is 0. The molecule has 0 spiro atoms. The molecule has 11 nitrogen and oxygen atoms in total. The number of H-pyrrole nitrogens is 1. The monoisotopic (exact) mass is 507 g/mol. The van der Waals surface area contributed by atoms with E-state index in [1.54, 1.807) is 26.2 Å². The molecule has 11 heteroatoms. The molecule has 5 rings (SSSR count). The number of primary amides is 1. The number of aliphatic hydroxyl groups is 3. The quantitative estimate of drug-likeness (QED) is 0.317. The van der Waals surface area contributed by atoms with Crippen molar-refractivity contribution >= 4 is 23.2 Å². The number of phenols is 1. The number of benzene rings is 1. The molecule has 0 bridgehead atoms. The predicted octanol–water partition coefficient (Wildman–Crippen LogP) is 0.319. The number of rotatable bonds is 3. The number of phenolic OH excluding ortho intramolecular Hbond substituents is 1. The molecule has 0 unspecified atom stereocenters. The number of nitrogens with one attached hydrogen (secondary N) is 1. The van der Waals surface area contributed by atoms with Crippen LogP contribution in [-0.4, -0.2) is 73.5 Å². The summed E-state index contributed by atoms with van der Waals surface area (Å²) in [5.41, 5.74) is 2.96. The molecule has 192 valence electrons. The van der Waals surface area contributed by atoms with E-state index in [1.807, 2.05) is 0 Å². The highest BCUT2D eigenvalue weighted by Gasteiger charge is 2.64. The molecule has 1 heterocycles. The smallest absolute Gasteiger partial charge is 0.255 e. The second kappa shape index (κ2) is 8.15. The first kappa shape index (κ1) is 24.5. The molecule has 7 N–H and O–H groups in total. The second-order valence-corrected chi connectivity index (χ2v) is 9.89. The molecule has 37 heavy (non-hydrogen) atoms. The number of Topliss-reactive ketones (excluding diaryl/α,β-unsaturated/α-hetero) is 2. The van der Waals surface area contributed by atoms with E-state index in [0.717, 1.165) is 0 Å². The number of nitrogens with two attached hydrogens (primary N) is 1. The molecule has 1 amide bonds. The van der Waals surface area contributed by atoms with Gasteiger partial charge >= 0.3 is 0 Å². The summed E-state index contributed by atoms with van der Waals surface area (Å²) < 4.78 is 0. The number of aromatic nitrogens is 1. The third kappa shape index (κ3) is 3.27. The molecule has 0 aliphatic heterocycles. The Bertz CT molecular complexity index is 1500. The number of ketones is 2. The SMILES string of the molecule is CN(C)[C@@H]1C(=O)C(C(N)=O)=C(O)[C@@]2(O)C(=O)C3=C(O)c4c(O)ccc(-c5ccc(=O)[nH]c5)c4C[C@H]3C[C@@H]12. The lowest BCUT2D eigenvalue weighted by Gasteiger charge is -2.50. The Kier molecular flexibility index (Phi) is 5.39. The van der Waals surface area contributed by atoms with Gasteiger partial charge in [0.05, 0.1) is 11.6 Å². The number of fused-ring (bicyclic) bond motifs is 3. The van der Waals surface area contributed by atoms with Crippen molar-refractivity contribution in [2.45, 2.75) is 24.5 Å². The van der Waals surface area contributed by atoms with Gasteiger partial charge in [-0.25, -0.2) is 0 Å². The van der Waals surface area contributed by atoms with Crippen LogP contribution in [0, 0.1) is 11.8 Å². The Hall–Kier alpha value is -4.22. The number of aromatic hydroxyl groups is 1.